The topological polar surface area (TPSA) is 58.4 Å². The van der Waals surface area contributed by atoms with Crippen LogP contribution in [-0.4, -0.2) is 31.1 Å². The highest BCUT2D eigenvalue weighted by molar-refractivity contribution is 9.10. The number of piperazine rings is 1. The summed E-state index contributed by atoms with van der Waals surface area (Å²) in [5, 5.41) is 3.00. The number of nitrogens with zero attached hydrogens (tertiary/aromatic N) is 1. The summed E-state index contributed by atoms with van der Waals surface area (Å²) in [6.07, 6.45) is 0.675. The Morgan fingerprint density at radius 2 is 2.26 bits per heavy atom. The Balaban J connectivity index is 2.34. The minimum absolute atomic E-state index is 0.0755. The summed E-state index contributed by atoms with van der Waals surface area (Å²) >= 11 is 3.47. The molecule has 0 bridgehead atoms. The normalized spacial score (nSPS) is 23.4. The first-order valence-electron chi connectivity index (χ1n) is 6.56. The highest BCUT2D eigenvalue weighted by Gasteiger charge is 2.32. The number of anilines is 1. The second kappa shape index (κ2) is 5.92. The quantitative estimate of drug-likeness (QED) is 0.890. The highest BCUT2D eigenvalue weighted by atomic mass is 79.9. The Hall–Kier alpha value is -1.07. The molecule has 1 fully saturated rings. The van der Waals surface area contributed by atoms with Crippen LogP contribution in [0.15, 0.2) is 22.7 Å². The molecule has 1 heterocycles. The minimum atomic E-state index is -0.166. The van der Waals surface area contributed by atoms with Gasteiger partial charge in [0, 0.05) is 22.7 Å². The molecule has 0 aromatic heterocycles. The van der Waals surface area contributed by atoms with E-state index in [1.165, 1.54) is 5.56 Å². The van der Waals surface area contributed by atoms with Crippen LogP contribution in [0.4, 0.5) is 5.69 Å². The number of carbonyl (C=O) groups is 1. The van der Waals surface area contributed by atoms with Crippen molar-refractivity contribution in [3.63, 3.8) is 0 Å². The third-order valence-corrected chi connectivity index (χ3v) is 3.94. The Labute approximate surface area is 122 Å². The lowest BCUT2D eigenvalue weighted by Gasteiger charge is -2.40. The van der Waals surface area contributed by atoms with Crippen LogP contribution in [0.2, 0.25) is 0 Å². The Morgan fingerprint density at radius 3 is 2.89 bits per heavy atom. The molecule has 3 N–H and O–H groups in total. The summed E-state index contributed by atoms with van der Waals surface area (Å²) in [7, 11) is 0. The molecule has 1 aliphatic rings. The summed E-state index contributed by atoms with van der Waals surface area (Å²) in [5.41, 5.74) is 7.92. The van der Waals surface area contributed by atoms with Crippen molar-refractivity contribution in [2.75, 3.05) is 18.0 Å². The van der Waals surface area contributed by atoms with Crippen molar-refractivity contribution in [3.8, 4) is 0 Å². The molecule has 0 radical (unpaired) electrons. The molecule has 104 valence electrons. The average molecular weight is 326 g/mol. The Morgan fingerprint density at radius 1 is 1.53 bits per heavy atom. The predicted octanol–water partition coefficient (Wildman–Crippen LogP) is 1.80. The highest BCUT2D eigenvalue weighted by Crippen LogP contribution is 2.28. The lowest BCUT2D eigenvalue weighted by atomic mass is 10.0. The molecule has 0 aliphatic carbocycles. The molecule has 0 spiro atoms. The van der Waals surface area contributed by atoms with Gasteiger partial charge in [-0.3, -0.25) is 4.79 Å². The van der Waals surface area contributed by atoms with Crippen molar-refractivity contribution in [1.29, 1.82) is 0 Å². The zero-order valence-electron chi connectivity index (χ0n) is 11.3. The van der Waals surface area contributed by atoms with Crippen LogP contribution in [0.5, 0.6) is 0 Å². The molecule has 4 nitrogen and oxygen atoms in total. The molecule has 19 heavy (non-hydrogen) atoms. The molecule has 0 saturated carbocycles. The third kappa shape index (κ3) is 3.09. The second-order valence-electron chi connectivity index (χ2n) is 5.09. The van der Waals surface area contributed by atoms with Gasteiger partial charge in [-0.05, 0) is 50.6 Å². The van der Waals surface area contributed by atoms with Crippen molar-refractivity contribution in [2.24, 2.45) is 5.73 Å². The van der Waals surface area contributed by atoms with Crippen LogP contribution >= 0.6 is 15.9 Å². The van der Waals surface area contributed by atoms with Gasteiger partial charge in [0.1, 0.15) is 6.04 Å². The fraction of sp³-hybridized carbons (Fsp3) is 0.500. The molecule has 1 saturated heterocycles. The number of hydrogen-bond donors (Lipinski definition) is 2. The summed E-state index contributed by atoms with van der Waals surface area (Å²) < 4.78 is 1.05. The number of halogens is 1. The molecule has 2 unspecified atom stereocenters. The van der Waals surface area contributed by atoms with Crippen LogP contribution in [0.1, 0.15) is 18.9 Å². The summed E-state index contributed by atoms with van der Waals surface area (Å²) in [6.45, 7) is 5.42. The van der Waals surface area contributed by atoms with E-state index in [9.17, 15) is 4.79 Å². The molecule has 2 atom stereocenters. The van der Waals surface area contributed by atoms with E-state index < -0.39 is 0 Å². The average Bonchev–Trinajstić information content (AvgIpc) is 2.32. The van der Waals surface area contributed by atoms with E-state index in [1.807, 2.05) is 13.0 Å². The van der Waals surface area contributed by atoms with Gasteiger partial charge in [0.25, 0.3) is 0 Å². The first-order chi connectivity index (χ1) is 9.02. The van der Waals surface area contributed by atoms with Crippen molar-refractivity contribution in [2.45, 2.75) is 32.4 Å². The number of nitrogens with two attached hydrogens (primary N) is 1. The first kappa shape index (κ1) is 14.3. The number of nitrogens with one attached hydrogen (secondary N) is 1. The molecular formula is C14H20BrN3O. The fourth-order valence-corrected chi connectivity index (χ4v) is 3.08. The van der Waals surface area contributed by atoms with Crippen LogP contribution in [-0.2, 0) is 4.79 Å². The second-order valence-corrected chi connectivity index (χ2v) is 6.00. The van der Waals surface area contributed by atoms with Gasteiger partial charge in [-0.25, -0.2) is 0 Å². The van der Waals surface area contributed by atoms with E-state index in [0.717, 1.165) is 16.7 Å². The van der Waals surface area contributed by atoms with E-state index in [0.29, 0.717) is 13.0 Å². The smallest absolute Gasteiger partial charge is 0.243 e. The van der Waals surface area contributed by atoms with E-state index >= 15 is 0 Å². The third-order valence-electron chi connectivity index (χ3n) is 3.45. The van der Waals surface area contributed by atoms with Gasteiger partial charge in [-0.2, -0.15) is 0 Å². The maximum atomic E-state index is 12.1. The van der Waals surface area contributed by atoms with Gasteiger partial charge in [0.15, 0.2) is 0 Å². The van der Waals surface area contributed by atoms with Crippen molar-refractivity contribution in [1.82, 2.24) is 5.32 Å². The number of amides is 1. The molecule has 1 aromatic rings. The van der Waals surface area contributed by atoms with Gasteiger partial charge in [0.2, 0.25) is 5.91 Å². The molecular weight excluding hydrogens is 306 g/mol. The van der Waals surface area contributed by atoms with Crippen LogP contribution in [0.3, 0.4) is 0 Å². The van der Waals surface area contributed by atoms with Crippen molar-refractivity contribution in [3.05, 3.63) is 28.2 Å². The van der Waals surface area contributed by atoms with Crippen molar-refractivity contribution < 1.29 is 4.79 Å². The van der Waals surface area contributed by atoms with Crippen LogP contribution in [0.25, 0.3) is 0 Å². The van der Waals surface area contributed by atoms with Gasteiger partial charge < -0.3 is 16.0 Å². The molecule has 5 heteroatoms. The minimum Gasteiger partial charge on any atom is -0.357 e. The molecule has 1 amide bonds. The fourth-order valence-electron chi connectivity index (χ4n) is 2.60. The lowest BCUT2D eigenvalue weighted by molar-refractivity contribution is -0.124. The zero-order chi connectivity index (χ0) is 14.0. The number of hydrogen-bond acceptors (Lipinski definition) is 3. The molecule has 2 rings (SSSR count). The molecule has 1 aliphatic heterocycles. The van der Waals surface area contributed by atoms with Gasteiger partial charge >= 0.3 is 0 Å². The van der Waals surface area contributed by atoms with Crippen LogP contribution in [0, 0.1) is 6.92 Å². The number of rotatable bonds is 3. The lowest BCUT2D eigenvalue weighted by Crippen LogP contribution is -2.60. The maximum absolute atomic E-state index is 12.1. The largest absolute Gasteiger partial charge is 0.357 e. The van der Waals surface area contributed by atoms with Crippen molar-refractivity contribution >= 4 is 27.5 Å². The number of carbonyl (C=O) groups excluding carboxylic acids is 1. The SMILES string of the molecule is Cc1cc(Br)ccc1N1CC(C)NC(=O)C1CCN. The van der Waals surface area contributed by atoms with Gasteiger partial charge in [-0.1, -0.05) is 15.9 Å². The standard InChI is InChI=1S/C14H20BrN3O/c1-9-7-11(15)3-4-12(9)18-8-10(2)17-14(19)13(18)5-6-16/h3-4,7,10,13H,5-6,8,16H2,1-2H3,(H,17,19). The number of benzene rings is 1. The molecule has 1 aromatic carbocycles. The first-order valence-corrected chi connectivity index (χ1v) is 7.35. The van der Waals surface area contributed by atoms with E-state index in [2.05, 4.69) is 45.2 Å². The summed E-state index contributed by atoms with van der Waals surface area (Å²) in [5.74, 6) is 0.0755. The zero-order valence-corrected chi connectivity index (χ0v) is 12.9. The van der Waals surface area contributed by atoms with Gasteiger partial charge in [0.05, 0.1) is 0 Å². The summed E-state index contributed by atoms with van der Waals surface area (Å²) in [6, 6.07) is 6.14. The Kier molecular flexibility index (Phi) is 4.47. The number of aryl methyl sites for hydroxylation is 1. The predicted molar refractivity (Wildman–Crippen MR) is 81.3 cm³/mol. The van der Waals surface area contributed by atoms with Gasteiger partial charge in [-0.15, -0.1) is 0 Å². The summed E-state index contributed by atoms with van der Waals surface area (Å²) in [4.78, 5) is 14.3. The maximum Gasteiger partial charge on any atom is 0.243 e. The van der Waals surface area contributed by atoms with E-state index in [-0.39, 0.29) is 18.0 Å². The monoisotopic (exact) mass is 325 g/mol. The Bertz CT molecular complexity index is 478. The van der Waals surface area contributed by atoms with Crippen LogP contribution < -0.4 is 16.0 Å². The van der Waals surface area contributed by atoms with E-state index in [1.54, 1.807) is 0 Å². The van der Waals surface area contributed by atoms with E-state index in [4.69, 9.17) is 5.73 Å².